The second-order valence-corrected chi connectivity index (χ2v) is 13.9. The molecule has 1 fully saturated rings. The summed E-state index contributed by atoms with van der Waals surface area (Å²) in [6.07, 6.45) is 4.26. The Morgan fingerprint density at radius 2 is 1.39 bits per heavy atom. The van der Waals surface area contributed by atoms with Gasteiger partial charge in [0.1, 0.15) is 5.60 Å². The van der Waals surface area contributed by atoms with E-state index in [-0.39, 0.29) is 12.1 Å². The number of rotatable bonds is 9. The van der Waals surface area contributed by atoms with Crippen LogP contribution in [-0.2, 0) is 30.5 Å². The van der Waals surface area contributed by atoms with Crippen LogP contribution in [0.5, 0.6) is 0 Å². The average Bonchev–Trinajstić information content (AvgIpc) is 3.07. The van der Waals surface area contributed by atoms with Gasteiger partial charge in [-0.2, -0.15) is 13.2 Å². The second-order valence-electron chi connectivity index (χ2n) is 13.5. The third-order valence-corrected chi connectivity index (χ3v) is 8.82. The van der Waals surface area contributed by atoms with Crippen LogP contribution in [0.2, 0.25) is 0 Å². The molecule has 258 valence electrons. The van der Waals surface area contributed by atoms with Crippen LogP contribution in [0.4, 0.5) is 23.7 Å². The Labute approximate surface area is 292 Å². The zero-order chi connectivity index (χ0) is 35.0. The fourth-order valence-electron chi connectivity index (χ4n) is 5.93. The summed E-state index contributed by atoms with van der Waals surface area (Å²) in [5.74, 6) is 0. The van der Waals surface area contributed by atoms with Crippen molar-refractivity contribution in [3.05, 3.63) is 120 Å². The Morgan fingerprint density at radius 3 is 1.92 bits per heavy atom. The molecule has 4 aromatic rings. The number of pyridine rings is 1. The summed E-state index contributed by atoms with van der Waals surface area (Å²) in [4.78, 5) is 21.3. The standard InChI is InChI=1S/C39H43F3N4O2S/c1-38(2,3)48-37(47)46(35-9-5-4-6-10-35)27-29-13-17-32(18-14-29)31-15-11-28(12-16-31)25-45(26-30-8-7-23-43-24-30)36(49)44-34-21-19-33(20-22-34)39(40,41)42/h7-8,11-24,35H,4-6,9-10,25-27H2,1-3H3,(H,44,49). The summed E-state index contributed by atoms with van der Waals surface area (Å²) in [5, 5.41) is 3.48. The van der Waals surface area contributed by atoms with Crippen molar-refractivity contribution in [1.29, 1.82) is 0 Å². The van der Waals surface area contributed by atoms with E-state index in [4.69, 9.17) is 17.0 Å². The monoisotopic (exact) mass is 688 g/mol. The molecule has 1 aliphatic rings. The van der Waals surface area contributed by atoms with Crippen LogP contribution >= 0.6 is 12.2 Å². The minimum atomic E-state index is -4.41. The average molecular weight is 689 g/mol. The Balaban J connectivity index is 1.26. The Morgan fingerprint density at radius 1 is 0.816 bits per heavy atom. The van der Waals surface area contributed by atoms with Gasteiger partial charge in [-0.3, -0.25) is 4.98 Å². The van der Waals surface area contributed by atoms with E-state index in [9.17, 15) is 18.0 Å². The molecule has 0 atom stereocenters. The van der Waals surface area contributed by atoms with Gasteiger partial charge in [-0.15, -0.1) is 0 Å². The molecular weight excluding hydrogens is 646 g/mol. The minimum absolute atomic E-state index is 0.187. The van der Waals surface area contributed by atoms with Gasteiger partial charge >= 0.3 is 12.3 Å². The molecule has 1 amide bonds. The maximum absolute atomic E-state index is 13.2. The number of alkyl halides is 3. The van der Waals surface area contributed by atoms with Gasteiger partial charge in [-0.1, -0.05) is 73.9 Å². The molecule has 49 heavy (non-hydrogen) atoms. The molecular formula is C39H43F3N4O2S. The van der Waals surface area contributed by atoms with Crippen LogP contribution in [0, 0.1) is 0 Å². The quantitative estimate of drug-likeness (QED) is 0.177. The van der Waals surface area contributed by atoms with Crippen molar-refractivity contribution in [3.8, 4) is 11.1 Å². The zero-order valence-electron chi connectivity index (χ0n) is 28.2. The molecule has 0 aliphatic heterocycles. The van der Waals surface area contributed by atoms with Crippen molar-refractivity contribution in [3.63, 3.8) is 0 Å². The summed E-state index contributed by atoms with van der Waals surface area (Å²) in [7, 11) is 0. The number of hydrogen-bond acceptors (Lipinski definition) is 4. The molecule has 0 saturated heterocycles. The van der Waals surface area contributed by atoms with Crippen LogP contribution in [-0.4, -0.2) is 37.6 Å². The van der Waals surface area contributed by atoms with Gasteiger partial charge in [0.2, 0.25) is 0 Å². The lowest BCUT2D eigenvalue weighted by molar-refractivity contribution is -0.137. The fraction of sp³-hybridized carbons (Fsp3) is 0.359. The smallest absolute Gasteiger partial charge is 0.416 e. The number of thiocarbonyl (C=S) groups is 1. The number of hydrogen-bond donors (Lipinski definition) is 1. The molecule has 3 aromatic carbocycles. The lowest BCUT2D eigenvalue weighted by Gasteiger charge is -2.35. The highest BCUT2D eigenvalue weighted by Crippen LogP contribution is 2.30. The van der Waals surface area contributed by atoms with E-state index in [0.29, 0.717) is 30.4 Å². The lowest BCUT2D eigenvalue weighted by Crippen LogP contribution is -2.43. The number of carbonyl (C=O) groups is 1. The van der Waals surface area contributed by atoms with Crippen molar-refractivity contribution in [2.75, 3.05) is 5.32 Å². The highest BCUT2D eigenvalue weighted by molar-refractivity contribution is 7.80. The van der Waals surface area contributed by atoms with Crippen LogP contribution < -0.4 is 5.32 Å². The molecule has 10 heteroatoms. The number of anilines is 1. The molecule has 0 unspecified atom stereocenters. The molecule has 1 heterocycles. The molecule has 5 rings (SSSR count). The van der Waals surface area contributed by atoms with Gasteiger partial charge in [0.15, 0.2) is 5.11 Å². The summed E-state index contributed by atoms with van der Waals surface area (Å²) < 4.78 is 44.9. The van der Waals surface area contributed by atoms with Crippen LogP contribution in [0.3, 0.4) is 0 Å². The van der Waals surface area contributed by atoms with Gasteiger partial charge < -0.3 is 19.9 Å². The molecule has 1 aliphatic carbocycles. The first-order chi connectivity index (χ1) is 23.3. The summed E-state index contributed by atoms with van der Waals surface area (Å²) in [6.45, 7) is 7.14. The Kier molecular flexibility index (Phi) is 11.6. The van der Waals surface area contributed by atoms with Gasteiger partial charge in [0.25, 0.3) is 0 Å². The van der Waals surface area contributed by atoms with Crippen LogP contribution in [0.15, 0.2) is 97.3 Å². The number of nitrogens with one attached hydrogen (secondary N) is 1. The van der Waals surface area contributed by atoms with Gasteiger partial charge in [0, 0.05) is 43.8 Å². The first kappa shape index (κ1) is 35.9. The van der Waals surface area contributed by atoms with Gasteiger partial charge in [-0.25, -0.2) is 4.79 Å². The molecule has 1 N–H and O–H groups in total. The van der Waals surface area contributed by atoms with E-state index in [1.165, 1.54) is 18.6 Å². The highest BCUT2D eigenvalue weighted by atomic mass is 32.1. The predicted octanol–water partition coefficient (Wildman–Crippen LogP) is 10.2. The van der Waals surface area contributed by atoms with E-state index in [0.717, 1.165) is 65.6 Å². The van der Waals surface area contributed by atoms with Crippen molar-refractivity contribution < 1.29 is 22.7 Å². The van der Waals surface area contributed by atoms with Crippen molar-refractivity contribution >= 4 is 29.1 Å². The largest absolute Gasteiger partial charge is 0.444 e. The number of ether oxygens (including phenoxy) is 1. The van der Waals surface area contributed by atoms with Crippen molar-refractivity contribution in [1.82, 2.24) is 14.8 Å². The van der Waals surface area contributed by atoms with Crippen LogP contribution in [0.25, 0.3) is 11.1 Å². The van der Waals surface area contributed by atoms with E-state index in [1.54, 1.807) is 12.4 Å². The molecule has 0 radical (unpaired) electrons. The Bertz CT molecular complexity index is 1670. The van der Waals surface area contributed by atoms with E-state index in [1.807, 2.05) is 54.8 Å². The summed E-state index contributed by atoms with van der Waals surface area (Å²) >= 11 is 5.73. The van der Waals surface area contributed by atoms with Crippen LogP contribution in [0.1, 0.15) is 75.1 Å². The highest BCUT2D eigenvalue weighted by Gasteiger charge is 2.31. The van der Waals surface area contributed by atoms with E-state index >= 15 is 0 Å². The molecule has 0 bridgehead atoms. The predicted molar refractivity (Wildman–Crippen MR) is 192 cm³/mol. The Hall–Kier alpha value is -4.44. The maximum Gasteiger partial charge on any atom is 0.416 e. The first-order valence-corrected chi connectivity index (χ1v) is 17.0. The first-order valence-electron chi connectivity index (χ1n) is 16.6. The lowest BCUT2D eigenvalue weighted by atomic mass is 9.94. The zero-order valence-corrected chi connectivity index (χ0v) is 29.0. The number of carbonyl (C=O) groups excluding carboxylic acids is 1. The number of amides is 1. The summed E-state index contributed by atoms with van der Waals surface area (Å²) in [6, 6.07) is 25.4. The SMILES string of the molecule is CC(C)(C)OC(=O)N(Cc1ccc(-c2ccc(CN(Cc3cccnc3)C(=S)Nc3ccc(C(F)(F)F)cc3)cc2)cc1)C1CCCCC1. The molecule has 1 saturated carbocycles. The summed E-state index contributed by atoms with van der Waals surface area (Å²) in [5.41, 5.74) is 4.33. The normalized spacial score (nSPS) is 13.8. The van der Waals surface area contributed by atoms with Gasteiger partial charge in [0.05, 0.1) is 5.56 Å². The third kappa shape index (κ3) is 10.5. The second kappa shape index (κ2) is 15.8. The van der Waals surface area contributed by atoms with E-state index < -0.39 is 17.3 Å². The molecule has 1 aromatic heterocycles. The maximum atomic E-state index is 13.2. The van der Waals surface area contributed by atoms with E-state index in [2.05, 4.69) is 46.7 Å². The fourth-order valence-corrected chi connectivity index (χ4v) is 6.18. The molecule has 0 spiro atoms. The van der Waals surface area contributed by atoms with Crippen molar-refractivity contribution in [2.45, 2.75) is 90.3 Å². The topological polar surface area (TPSA) is 57.7 Å². The molecule has 6 nitrogen and oxygen atoms in total. The number of aromatic nitrogens is 1. The van der Waals surface area contributed by atoms with Crippen molar-refractivity contribution in [2.24, 2.45) is 0 Å². The van der Waals surface area contributed by atoms with Gasteiger partial charge in [-0.05, 0) is 104 Å². The third-order valence-electron chi connectivity index (χ3n) is 8.46. The number of benzene rings is 3. The number of nitrogens with zero attached hydrogens (tertiary/aromatic N) is 3. The number of halogens is 3. The minimum Gasteiger partial charge on any atom is -0.444 e.